The molecular weight excluding hydrogens is 346 g/mol. The van der Waals surface area contributed by atoms with Crippen LogP contribution in [0.2, 0.25) is 0 Å². The van der Waals surface area contributed by atoms with Gasteiger partial charge in [0.15, 0.2) is 11.6 Å². The summed E-state index contributed by atoms with van der Waals surface area (Å²) in [5, 5.41) is 5.54. The summed E-state index contributed by atoms with van der Waals surface area (Å²) in [5.74, 6) is -2.03. The highest BCUT2D eigenvalue weighted by Crippen LogP contribution is 2.32. The Balaban J connectivity index is 2.23. The Morgan fingerprint density at radius 3 is 2.48 bits per heavy atom. The summed E-state index contributed by atoms with van der Waals surface area (Å²) in [6.45, 7) is 1.56. The highest BCUT2D eigenvalue weighted by atomic mass is 79.9. The van der Waals surface area contributed by atoms with Gasteiger partial charge in [0, 0.05) is 11.6 Å². The zero-order valence-electron chi connectivity index (χ0n) is 11.6. The van der Waals surface area contributed by atoms with Gasteiger partial charge in [-0.05, 0) is 38.1 Å². The van der Waals surface area contributed by atoms with E-state index in [1.807, 2.05) is 0 Å². The fourth-order valence-electron chi connectivity index (χ4n) is 2.53. The second kappa shape index (κ2) is 6.81. The number of hydrogen-bond donors (Lipinski definition) is 2. The van der Waals surface area contributed by atoms with E-state index >= 15 is 0 Å². The zero-order valence-corrected chi connectivity index (χ0v) is 13.2. The number of amides is 1. The number of halogens is 3. The third-order valence-corrected chi connectivity index (χ3v) is 4.17. The Hall–Kier alpha value is -1.05. The van der Waals surface area contributed by atoms with E-state index in [9.17, 15) is 13.6 Å². The van der Waals surface area contributed by atoms with Crippen molar-refractivity contribution in [3.05, 3.63) is 28.2 Å². The third-order valence-electron chi connectivity index (χ3n) is 3.71. The van der Waals surface area contributed by atoms with Crippen molar-refractivity contribution in [1.82, 2.24) is 5.32 Å². The molecule has 0 saturated carbocycles. The summed E-state index contributed by atoms with van der Waals surface area (Å²) in [7, 11) is 1.51. The number of anilines is 1. The second-order valence-corrected chi connectivity index (χ2v) is 6.08. The highest BCUT2D eigenvalue weighted by molar-refractivity contribution is 9.10. The molecule has 1 fully saturated rings. The third kappa shape index (κ3) is 3.59. The molecule has 21 heavy (non-hydrogen) atoms. The molecule has 4 nitrogen and oxygen atoms in total. The van der Waals surface area contributed by atoms with Crippen molar-refractivity contribution >= 4 is 27.5 Å². The van der Waals surface area contributed by atoms with Crippen LogP contribution in [0.25, 0.3) is 0 Å². The van der Waals surface area contributed by atoms with E-state index in [2.05, 4.69) is 26.6 Å². The maximum atomic E-state index is 13.8. The number of carbonyl (C=O) groups is 1. The molecular formula is C14H17BrF2N2O2. The molecule has 1 aliphatic rings. The molecule has 0 aromatic heterocycles. The number of benzene rings is 1. The Bertz CT molecular complexity index is 505. The fourth-order valence-corrected chi connectivity index (χ4v) is 2.93. The Morgan fingerprint density at radius 1 is 1.38 bits per heavy atom. The molecule has 2 N–H and O–H groups in total. The van der Waals surface area contributed by atoms with Gasteiger partial charge in [-0.3, -0.25) is 4.79 Å². The van der Waals surface area contributed by atoms with Crippen LogP contribution in [0, 0.1) is 17.0 Å². The summed E-state index contributed by atoms with van der Waals surface area (Å²) >= 11 is 3.00. The van der Waals surface area contributed by atoms with E-state index < -0.39 is 28.6 Å². The normalized spacial score (nSPS) is 17.5. The van der Waals surface area contributed by atoms with Crippen molar-refractivity contribution in [2.75, 3.05) is 32.1 Å². The quantitative estimate of drug-likeness (QED) is 0.865. The average molecular weight is 363 g/mol. The number of carbonyl (C=O) groups excluding carboxylic acids is 1. The first-order chi connectivity index (χ1) is 9.98. The van der Waals surface area contributed by atoms with Crippen molar-refractivity contribution < 1.29 is 18.3 Å². The number of rotatable bonds is 4. The number of piperidine rings is 1. The van der Waals surface area contributed by atoms with Crippen LogP contribution < -0.4 is 10.6 Å². The van der Waals surface area contributed by atoms with Crippen LogP contribution in [-0.4, -0.2) is 32.7 Å². The van der Waals surface area contributed by atoms with Crippen LogP contribution in [0.3, 0.4) is 0 Å². The van der Waals surface area contributed by atoms with Crippen LogP contribution in [0.15, 0.2) is 16.6 Å². The van der Waals surface area contributed by atoms with Gasteiger partial charge in [-0.25, -0.2) is 8.78 Å². The first-order valence-electron chi connectivity index (χ1n) is 6.64. The van der Waals surface area contributed by atoms with Crippen LogP contribution in [-0.2, 0) is 9.53 Å². The summed E-state index contributed by atoms with van der Waals surface area (Å²) in [6, 6.07) is 2.23. The molecule has 2 rings (SSSR count). The van der Waals surface area contributed by atoms with E-state index in [0.29, 0.717) is 25.9 Å². The predicted molar refractivity (Wildman–Crippen MR) is 79.1 cm³/mol. The lowest BCUT2D eigenvalue weighted by Gasteiger charge is -2.35. The van der Waals surface area contributed by atoms with Crippen molar-refractivity contribution in [3.63, 3.8) is 0 Å². The molecule has 1 saturated heterocycles. The van der Waals surface area contributed by atoms with Gasteiger partial charge in [-0.15, -0.1) is 0 Å². The Kier molecular flexibility index (Phi) is 5.29. The molecule has 1 amide bonds. The molecule has 7 heteroatoms. The van der Waals surface area contributed by atoms with Crippen molar-refractivity contribution in [1.29, 1.82) is 0 Å². The summed E-state index contributed by atoms with van der Waals surface area (Å²) in [5.41, 5.74) is -1.18. The number of nitrogens with one attached hydrogen (secondary N) is 2. The topological polar surface area (TPSA) is 50.4 Å². The van der Waals surface area contributed by atoms with Gasteiger partial charge in [0.1, 0.15) is 5.69 Å². The van der Waals surface area contributed by atoms with Gasteiger partial charge in [0.2, 0.25) is 5.91 Å². The number of ether oxygens (including phenoxy) is 1. The molecule has 0 bridgehead atoms. The lowest BCUT2D eigenvalue weighted by atomic mass is 9.78. The molecule has 1 aromatic rings. The van der Waals surface area contributed by atoms with E-state index in [1.165, 1.54) is 7.11 Å². The molecule has 1 heterocycles. The van der Waals surface area contributed by atoms with Gasteiger partial charge in [0.25, 0.3) is 0 Å². The van der Waals surface area contributed by atoms with Gasteiger partial charge in [-0.1, -0.05) is 15.9 Å². The molecule has 0 atom stereocenters. The molecule has 0 spiro atoms. The van der Waals surface area contributed by atoms with E-state index in [4.69, 9.17) is 4.74 Å². The first kappa shape index (κ1) is 16.3. The largest absolute Gasteiger partial charge is 0.384 e. The molecule has 1 aromatic carbocycles. The Morgan fingerprint density at radius 2 is 1.95 bits per heavy atom. The highest BCUT2D eigenvalue weighted by Gasteiger charge is 2.40. The summed E-state index contributed by atoms with van der Waals surface area (Å²) < 4.78 is 33.1. The van der Waals surface area contributed by atoms with Crippen molar-refractivity contribution in [2.24, 2.45) is 5.41 Å². The molecule has 1 aliphatic heterocycles. The van der Waals surface area contributed by atoms with Crippen LogP contribution >= 0.6 is 15.9 Å². The van der Waals surface area contributed by atoms with Gasteiger partial charge < -0.3 is 15.4 Å². The standard InChI is InChI=1S/C14H17BrF2N2O2/c1-21-8-14(2-4-18-5-3-14)13(20)19-12-10(16)6-9(15)7-11(12)17/h6-7,18H,2-5,8H2,1H3,(H,19,20). The van der Waals surface area contributed by atoms with Gasteiger partial charge in [0.05, 0.1) is 12.0 Å². The van der Waals surface area contributed by atoms with Crippen LogP contribution in [0.5, 0.6) is 0 Å². The first-order valence-corrected chi connectivity index (χ1v) is 7.43. The smallest absolute Gasteiger partial charge is 0.233 e. The van der Waals surface area contributed by atoms with Crippen molar-refractivity contribution in [3.8, 4) is 0 Å². The second-order valence-electron chi connectivity index (χ2n) is 5.16. The lowest BCUT2D eigenvalue weighted by molar-refractivity contribution is -0.130. The zero-order chi connectivity index (χ0) is 15.5. The SMILES string of the molecule is COCC1(C(=O)Nc2c(F)cc(Br)cc2F)CCNCC1. The molecule has 116 valence electrons. The minimum absolute atomic E-state index is 0.222. The van der Waals surface area contributed by atoms with E-state index in [0.717, 1.165) is 12.1 Å². The lowest BCUT2D eigenvalue weighted by Crippen LogP contribution is -2.47. The average Bonchev–Trinajstić information content (AvgIpc) is 2.44. The summed E-state index contributed by atoms with van der Waals surface area (Å²) in [4.78, 5) is 12.5. The summed E-state index contributed by atoms with van der Waals surface area (Å²) in [6.07, 6.45) is 1.12. The molecule has 0 radical (unpaired) electrons. The van der Waals surface area contributed by atoms with Crippen LogP contribution in [0.1, 0.15) is 12.8 Å². The van der Waals surface area contributed by atoms with Crippen LogP contribution in [0.4, 0.5) is 14.5 Å². The minimum atomic E-state index is -0.809. The van der Waals surface area contributed by atoms with E-state index in [-0.39, 0.29) is 11.1 Å². The van der Waals surface area contributed by atoms with Gasteiger partial charge >= 0.3 is 0 Å². The number of hydrogen-bond acceptors (Lipinski definition) is 3. The molecule has 0 aliphatic carbocycles. The fraction of sp³-hybridized carbons (Fsp3) is 0.500. The maximum absolute atomic E-state index is 13.8. The maximum Gasteiger partial charge on any atom is 0.233 e. The van der Waals surface area contributed by atoms with Crippen molar-refractivity contribution in [2.45, 2.75) is 12.8 Å². The minimum Gasteiger partial charge on any atom is -0.384 e. The Labute approximate surface area is 130 Å². The van der Waals surface area contributed by atoms with Gasteiger partial charge in [-0.2, -0.15) is 0 Å². The number of methoxy groups -OCH3 is 1. The molecule has 0 unspecified atom stereocenters. The van der Waals surface area contributed by atoms with E-state index in [1.54, 1.807) is 0 Å². The predicted octanol–water partition coefficient (Wildman–Crippen LogP) is 2.68. The monoisotopic (exact) mass is 362 g/mol.